The number of aliphatic hydroxyl groups is 1. The molecule has 0 aliphatic carbocycles. The van der Waals surface area contributed by atoms with Crippen molar-refractivity contribution in [3.63, 3.8) is 0 Å². The number of aliphatic hydroxyl groups excluding tert-OH is 1. The Morgan fingerprint density at radius 2 is 1.73 bits per heavy atom. The van der Waals surface area contributed by atoms with Crippen LogP contribution in [0.1, 0.15) is 27.7 Å². The third-order valence-electron chi connectivity index (χ3n) is 5.42. The van der Waals surface area contributed by atoms with Crippen LogP contribution in [0.15, 0.2) is 82.7 Å². The molecule has 1 N–H and O–H groups in total. The molecular formula is C25H21NO7. The summed E-state index contributed by atoms with van der Waals surface area (Å²) in [5.41, 5.74) is 1.66. The Bertz CT molecular complexity index is 1210. The second-order valence-corrected chi connectivity index (χ2v) is 7.34. The van der Waals surface area contributed by atoms with Gasteiger partial charge in [-0.15, -0.1) is 0 Å². The monoisotopic (exact) mass is 447 g/mol. The molecule has 1 aliphatic rings. The molecule has 8 heteroatoms. The zero-order valence-electron chi connectivity index (χ0n) is 18.0. The molecule has 33 heavy (non-hydrogen) atoms. The lowest BCUT2D eigenvalue weighted by Gasteiger charge is -2.27. The van der Waals surface area contributed by atoms with E-state index in [9.17, 15) is 19.5 Å². The van der Waals surface area contributed by atoms with E-state index in [-0.39, 0.29) is 23.7 Å². The van der Waals surface area contributed by atoms with Gasteiger partial charge in [0.15, 0.2) is 11.5 Å². The van der Waals surface area contributed by atoms with Crippen LogP contribution >= 0.6 is 0 Å². The summed E-state index contributed by atoms with van der Waals surface area (Å²) >= 11 is 0. The van der Waals surface area contributed by atoms with Gasteiger partial charge in [0, 0.05) is 5.69 Å². The van der Waals surface area contributed by atoms with E-state index in [1.807, 2.05) is 0 Å². The molecule has 0 spiro atoms. The van der Waals surface area contributed by atoms with Gasteiger partial charge in [0.25, 0.3) is 5.91 Å². The zero-order valence-corrected chi connectivity index (χ0v) is 18.0. The average molecular weight is 447 g/mol. The summed E-state index contributed by atoms with van der Waals surface area (Å²) in [6.07, 6.45) is 1.43. The van der Waals surface area contributed by atoms with Crippen LogP contribution in [0.5, 0.6) is 5.75 Å². The third-order valence-corrected chi connectivity index (χ3v) is 5.42. The number of methoxy groups -OCH3 is 2. The molecule has 4 rings (SSSR count). The van der Waals surface area contributed by atoms with Crippen LogP contribution in [0.4, 0.5) is 5.69 Å². The van der Waals surface area contributed by atoms with E-state index in [1.54, 1.807) is 54.6 Å². The normalized spacial score (nSPS) is 15.6. The van der Waals surface area contributed by atoms with Gasteiger partial charge in [-0.1, -0.05) is 24.3 Å². The minimum atomic E-state index is -0.896. The van der Waals surface area contributed by atoms with E-state index in [1.165, 1.54) is 31.4 Å². The fraction of sp³-hybridized carbons (Fsp3) is 0.160. The van der Waals surface area contributed by atoms with Gasteiger partial charge >= 0.3 is 5.97 Å². The first-order valence-electron chi connectivity index (χ1n) is 10.1. The highest BCUT2D eigenvalue weighted by Crippen LogP contribution is 2.42. The van der Waals surface area contributed by atoms with Gasteiger partial charge in [-0.3, -0.25) is 19.3 Å². The van der Waals surface area contributed by atoms with E-state index < -0.39 is 23.5 Å². The average Bonchev–Trinajstić information content (AvgIpc) is 3.47. The lowest BCUT2D eigenvalue weighted by atomic mass is 9.94. The van der Waals surface area contributed by atoms with Crippen LogP contribution in [-0.2, 0) is 20.7 Å². The van der Waals surface area contributed by atoms with Crippen LogP contribution in [0.2, 0.25) is 0 Å². The number of amides is 1. The van der Waals surface area contributed by atoms with Gasteiger partial charge in [0.2, 0.25) is 5.78 Å². The number of rotatable bonds is 7. The quantitative estimate of drug-likeness (QED) is 0.434. The molecule has 1 aromatic heterocycles. The highest BCUT2D eigenvalue weighted by Gasteiger charge is 2.45. The molecule has 1 unspecified atom stereocenters. The summed E-state index contributed by atoms with van der Waals surface area (Å²) in [6.45, 7) is 0. The molecule has 0 saturated heterocycles. The van der Waals surface area contributed by atoms with Gasteiger partial charge in [-0.05, 0) is 47.5 Å². The zero-order chi connectivity index (χ0) is 23.5. The Balaban J connectivity index is 1.77. The Kier molecular flexibility index (Phi) is 5.99. The summed E-state index contributed by atoms with van der Waals surface area (Å²) in [7, 11) is 2.85. The van der Waals surface area contributed by atoms with E-state index in [4.69, 9.17) is 9.15 Å². The second kappa shape index (κ2) is 9.04. The van der Waals surface area contributed by atoms with Gasteiger partial charge < -0.3 is 19.0 Å². The first kappa shape index (κ1) is 21.9. The number of ketones is 1. The number of hydrogen-bond acceptors (Lipinski definition) is 7. The number of carbonyl (C=O) groups excluding carboxylic acids is 3. The van der Waals surface area contributed by atoms with Gasteiger partial charge in [-0.2, -0.15) is 0 Å². The van der Waals surface area contributed by atoms with Crippen molar-refractivity contribution in [2.24, 2.45) is 0 Å². The second-order valence-electron chi connectivity index (χ2n) is 7.34. The Morgan fingerprint density at radius 3 is 2.30 bits per heavy atom. The first-order valence-corrected chi connectivity index (χ1v) is 10.1. The fourth-order valence-electron chi connectivity index (χ4n) is 3.76. The van der Waals surface area contributed by atoms with Crippen molar-refractivity contribution in [3.05, 3.63) is 95.1 Å². The van der Waals surface area contributed by atoms with Gasteiger partial charge in [0.05, 0.1) is 38.5 Å². The summed E-state index contributed by atoms with van der Waals surface area (Å²) < 4.78 is 15.1. The molecule has 168 valence electrons. The summed E-state index contributed by atoms with van der Waals surface area (Å²) in [5.74, 6) is -1.72. The van der Waals surface area contributed by atoms with Crippen molar-refractivity contribution in [1.82, 2.24) is 0 Å². The molecule has 0 fully saturated rings. The summed E-state index contributed by atoms with van der Waals surface area (Å²) in [6, 6.07) is 15.7. The molecule has 1 amide bonds. The lowest BCUT2D eigenvalue weighted by molar-refractivity contribution is -0.139. The topological polar surface area (TPSA) is 106 Å². The number of carbonyl (C=O) groups is 3. The molecule has 0 bridgehead atoms. The number of furan rings is 1. The number of nitrogens with zero attached hydrogens (tertiary/aromatic N) is 1. The number of esters is 1. The predicted octanol–water partition coefficient (Wildman–Crippen LogP) is 3.79. The summed E-state index contributed by atoms with van der Waals surface area (Å²) in [5, 5.41) is 10.7. The van der Waals surface area contributed by atoms with Crippen molar-refractivity contribution in [1.29, 1.82) is 0 Å². The van der Waals surface area contributed by atoms with Crippen molar-refractivity contribution < 1.29 is 33.4 Å². The maximum Gasteiger partial charge on any atom is 0.309 e. The minimum absolute atomic E-state index is 0.0122. The van der Waals surface area contributed by atoms with Crippen LogP contribution in [-0.4, -0.2) is 37.0 Å². The summed E-state index contributed by atoms with van der Waals surface area (Å²) in [4.78, 5) is 39.2. The number of ether oxygens (including phenoxy) is 2. The van der Waals surface area contributed by atoms with Crippen LogP contribution in [0, 0.1) is 0 Å². The van der Waals surface area contributed by atoms with E-state index in [2.05, 4.69) is 4.74 Å². The fourth-order valence-corrected chi connectivity index (χ4v) is 3.76. The van der Waals surface area contributed by atoms with Crippen LogP contribution in [0.3, 0.4) is 0 Å². The molecular weight excluding hydrogens is 426 g/mol. The van der Waals surface area contributed by atoms with Crippen molar-refractivity contribution in [2.75, 3.05) is 19.1 Å². The van der Waals surface area contributed by atoms with E-state index >= 15 is 0 Å². The van der Waals surface area contributed by atoms with Gasteiger partial charge in [0.1, 0.15) is 5.75 Å². The Morgan fingerprint density at radius 1 is 1.03 bits per heavy atom. The standard InChI is InChI=1S/C25H21NO7/c1-31-18-11-7-16(8-12-18)22-21(23(28)19-4-3-13-33-19)24(29)25(30)26(22)17-9-5-15(6-10-17)14-20(27)32-2/h3-13,22,29H,14H2,1-2H3. The maximum atomic E-state index is 13.2. The molecule has 8 nitrogen and oxygen atoms in total. The number of anilines is 1. The number of hydrogen-bond donors (Lipinski definition) is 1. The number of Topliss-reactive ketones (excluding diaryl/α,β-unsaturated/α-hetero) is 1. The van der Waals surface area contributed by atoms with E-state index in [0.29, 0.717) is 22.6 Å². The third kappa shape index (κ3) is 4.10. The van der Waals surface area contributed by atoms with Crippen LogP contribution < -0.4 is 9.64 Å². The van der Waals surface area contributed by atoms with Gasteiger partial charge in [-0.25, -0.2) is 0 Å². The largest absolute Gasteiger partial charge is 0.503 e. The molecule has 3 aromatic rings. The predicted molar refractivity (Wildman–Crippen MR) is 118 cm³/mol. The highest BCUT2D eigenvalue weighted by atomic mass is 16.5. The van der Waals surface area contributed by atoms with Crippen molar-refractivity contribution in [3.8, 4) is 5.75 Å². The molecule has 0 saturated carbocycles. The van der Waals surface area contributed by atoms with Crippen molar-refractivity contribution >= 4 is 23.3 Å². The minimum Gasteiger partial charge on any atom is -0.503 e. The Hall–Kier alpha value is -4.33. The molecule has 0 radical (unpaired) electrons. The SMILES string of the molecule is COC(=O)Cc1ccc(N2C(=O)C(O)=C(C(=O)c3ccco3)C2c2ccc(OC)cc2)cc1. The molecule has 2 heterocycles. The van der Waals surface area contributed by atoms with Crippen LogP contribution in [0.25, 0.3) is 0 Å². The van der Waals surface area contributed by atoms with E-state index in [0.717, 1.165) is 0 Å². The maximum absolute atomic E-state index is 13.2. The Labute approximate surface area is 189 Å². The molecule has 1 aliphatic heterocycles. The smallest absolute Gasteiger partial charge is 0.309 e. The number of benzene rings is 2. The molecule has 1 atom stereocenters. The highest BCUT2D eigenvalue weighted by molar-refractivity contribution is 6.20. The first-order chi connectivity index (χ1) is 15.9. The van der Waals surface area contributed by atoms with Crippen molar-refractivity contribution in [2.45, 2.75) is 12.5 Å². The lowest BCUT2D eigenvalue weighted by Crippen LogP contribution is -2.31. The molecule has 2 aromatic carbocycles.